The van der Waals surface area contributed by atoms with Gasteiger partial charge in [0.25, 0.3) is 0 Å². The smallest absolute Gasteiger partial charge is 0.422 e. The van der Waals surface area contributed by atoms with E-state index in [9.17, 15) is 18.0 Å². The van der Waals surface area contributed by atoms with E-state index in [1.54, 1.807) is 12.1 Å². The largest absolute Gasteiger partial charge is 0.493 e. The maximum Gasteiger partial charge on any atom is 0.422 e. The van der Waals surface area contributed by atoms with E-state index in [1.807, 2.05) is 25.1 Å². The van der Waals surface area contributed by atoms with Crippen LogP contribution in [0.5, 0.6) is 11.5 Å². The molecule has 0 radical (unpaired) electrons. The molecular weight excluding hydrogens is 427 g/mol. The summed E-state index contributed by atoms with van der Waals surface area (Å²) in [6, 6.07) is 10.2. The van der Waals surface area contributed by atoms with E-state index in [-0.39, 0.29) is 23.8 Å². The Bertz CT molecular complexity index is 809. The maximum absolute atomic E-state index is 12.3. The van der Waals surface area contributed by atoms with E-state index < -0.39 is 12.8 Å². The Labute approximate surface area is 163 Å². The first-order valence-electron chi connectivity index (χ1n) is 8.10. The summed E-state index contributed by atoms with van der Waals surface area (Å²) in [5.74, 6) is 0.0474. The van der Waals surface area contributed by atoms with E-state index in [0.29, 0.717) is 6.42 Å². The fraction of sp³-hybridized carbons (Fsp3) is 0.316. The van der Waals surface area contributed by atoms with Gasteiger partial charge in [-0.3, -0.25) is 4.79 Å². The minimum absolute atomic E-state index is 0.00788. The van der Waals surface area contributed by atoms with Crippen LogP contribution in [0.3, 0.4) is 0 Å². The monoisotopic (exact) mass is 445 g/mol. The van der Waals surface area contributed by atoms with Crippen molar-refractivity contribution < 1.29 is 27.4 Å². The number of alkyl halides is 3. The van der Waals surface area contributed by atoms with Crippen molar-refractivity contribution >= 4 is 27.5 Å². The number of methoxy groups -OCH3 is 1. The molecule has 146 valence electrons. The fourth-order valence-electron chi connectivity index (χ4n) is 2.38. The van der Waals surface area contributed by atoms with Crippen LogP contribution in [0.25, 0.3) is 0 Å². The topological polar surface area (TPSA) is 47.6 Å². The van der Waals surface area contributed by atoms with Gasteiger partial charge in [0.05, 0.1) is 7.11 Å². The van der Waals surface area contributed by atoms with Crippen LogP contribution in [0.2, 0.25) is 0 Å². The Hall–Kier alpha value is -2.22. The number of carbonyl (C=O) groups is 1. The zero-order valence-corrected chi connectivity index (χ0v) is 16.4. The van der Waals surface area contributed by atoms with Gasteiger partial charge in [-0.25, -0.2) is 0 Å². The van der Waals surface area contributed by atoms with Gasteiger partial charge in [-0.15, -0.1) is 0 Å². The highest BCUT2D eigenvalue weighted by atomic mass is 79.9. The number of rotatable bonds is 7. The number of hydrogen-bond donors (Lipinski definition) is 1. The SMILES string of the molecule is COc1cc(CCC(=O)Nc2ccc(Br)cc2C)ccc1OCC(F)(F)F. The molecule has 0 bridgehead atoms. The molecule has 2 rings (SSSR count). The molecular formula is C19H19BrF3NO3. The van der Waals surface area contributed by atoms with E-state index in [0.717, 1.165) is 21.3 Å². The zero-order chi connectivity index (χ0) is 20.0. The lowest BCUT2D eigenvalue weighted by Crippen LogP contribution is -2.19. The van der Waals surface area contributed by atoms with Gasteiger partial charge in [-0.05, 0) is 54.8 Å². The predicted octanol–water partition coefficient (Wildman–Crippen LogP) is 5.28. The molecule has 0 aliphatic heterocycles. The fourth-order valence-corrected chi connectivity index (χ4v) is 2.86. The lowest BCUT2D eigenvalue weighted by atomic mass is 10.1. The van der Waals surface area contributed by atoms with Crippen molar-refractivity contribution in [2.45, 2.75) is 25.9 Å². The number of halogens is 4. The van der Waals surface area contributed by atoms with Gasteiger partial charge in [-0.2, -0.15) is 13.2 Å². The number of anilines is 1. The molecule has 0 atom stereocenters. The molecule has 0 saturated heterocycles. The van der Waals surface area contributed by atoms with Crippen molar-refractivity contribution in [2.75, 3.05) is 19.0 Å². The highest BCUT2D eigenvalue weighted by Crippen LogP contribution is 2.30. The van der Waals surface area contributed by atoms with Crippen molar-refractivity contribution in [3.8, 4) is 11.5 Å². The summed E-state index contributed by atoms with van der Waals surface area (Å²) in [7, 11) is 1.35. The molecule has 0 aromatic heterocycles. The van der Waals surface area contributed by atoms with Crippen molar-refractivity contribution in [1.82, 2.24) is 0 Å². The summed E-state index contributed by atoms with van der Waals surface area (Å²) in [5.41, 5.74) is 2.43. The molecule has 2 aromatic rings. The van der Waals surface area contributed by atoms with Crippen molar-refractivity contribution in [3.63, 3.8) is 0 Å². The van der Waals surface area contributed by atoms with Crippen LogP contribution in [0.15, 0.2) is 40.9 Å². The zero-order valence-electron chi connectivity index (χ0n) is 14.8. The lowest BCUT2D eigenvalue weighted by molar-refractivity contribution is -0.153. The highest BCUT2D eigenvalue weighted by Gasteiger charge is 2.29. The normalized spacial score (nSPS) is 11.2. The number of ether oxygens (including phenoxy) is 2. The summed E-state index contributed by atoms with van der Waals surface area (Å²) in [6.45, 7) is 0.503. The van der Waals surface area contributed by atoms with Gasteiger partial charge in [0.15, 0.2) is 18.1 Å². The van der Waals surface area contributed by atoms with Gasteiger partial charge in [-0.1, -0.05) is 22.0 Å². The number of carbonyl (C=O) groups excluding carboxylic acids is 1. The first kappa shape index (κ1) is 21.1. The molecule has 0 unspecified atom stereocenters. The molecule has 1 N–H and O–H groups in total. The van der Waals surface area contributed by atoms with Crippen LogP contribution < -0.4 is 14.8 Å². The van der Waals surface area contributed by atoms with Gasteiger partial charge in [0.2, 0.25) is 5.91 Å². The molecule has 0 saturated carbocycles. The molecule has 8 heteroatoms. The maximum atomic E-state index is 12.3. The third kappa shape index (κ3) is 6.78. The first-order chi connectivity index (χ1) is 12.7. The van der Waals surface area contributed by atoms with Crippen LogP contribution in [0.1, 0.15) is 17.5 Å². The second-order valence-electron chi connectivity index (χ2n) is 5.90. The highest BCUT2D eigenvalue weighted by molar-refractivity contribution is 9.10. The summed E-state index contributed by atoms with van der Waals surface area (Å²) in [5, 5.41) is 2.84. The molecule has 1 amide bonds. The first-order valence-corrected chi connectivity index (χ1v) is 8.89. The molecule has 27 heavy (non-hydrogen) atoms. The van der Waals surface area contributed by atoms with Crippen LogP contribution in [-0.2, 0) is 11.2 Å². The van der Waals surface area contributed by atoms with E-state index >= 15 is 0 Å². The second-order valence-corrected chi connectivity index (χ2v) is 6.81. The van der Waals surface area contributed by atoms with E-state index in [2.05, 4.69) is 21.2 Å². The average Bonchev–Trinajstić information content (AvgIpc) is 2.60. The van der Waals surface area contributed by atoms with Gasteiger partial charge in [0, 0.05) is 16.6 Å². The standard InChI is InChI=1S/C19H19BrF3NO3/c1-12-9-14(20)5-6-15(12)24-18(25)8-4-13-3-7-16(17(10-13)26-2)27-11-19(21,22)23/h3,5-7,9-10H,4,8,11H2,1-2H3,(H,24,25). The molecule has 0 aliphatic carbocycles. The van der Waals surface area contributed by atoms with Crippen LogP contribution in [0.4, 0.5) is 18.9 Å². The molecule has 0 fully saturated rings. The van der Waals surface area contributed by atoms with Gasteiger partial charge < -0.3 is 14.8 Å². The van der Waals surface area contributed by atoms with Crippen LogP contribution in [0, 0.1) is 6.92 Å². The Morgan fingerprint density at radius 1 is 1.15 bits per heavy atom. The Balaban J connectivity index is 1.95. The molecule has 0 aliphatic rings. The molecule has 4 nitrogen and oxygen atoms in total. The third-order valence-electron chi connectivity index (χ3n) is 3.72. The van der Waals surface area contributed by atoms with E-state index in [4.69, 9.17) is 9.47 Å². The second kappa shape index (κ2) is 9.12. The number of benzene rings is 2. The van der Waals surface area contributed by atoms with Crippen LogP contribution >= 0.6 is 15.9 Å². The number of hydrogen-bond acceptors (Lipinski definition) is 3. The third-order valence-corrected chi connectivity index (χ3v) is 4.22. The summed E-state index contributed by atoms with van der Waals surface area (Å²) in [4.78, 5) is 12.2. The summed E-state index contributed by atoms with van der Waals surface area (Å²) < 4.78 is 47.6. The minimum atomic E-state index is -4.42. The number of aryl methyl sites for hydroxylation is 2. The Kier molecular flexibility index (Phi) is 7.12. The minimum Gasteiger partial charge on any atom is -0.493 e. The van der Waals surface area contributed by atoms with Crippen molar-refractivity contribution in [3.05, 3.63) is 52.0 Å². The van der Waals surface area contributed by atoms with Crippen molar-refractivity contribution in [1.29, 1.82) is 0 Å². The van der Waals surface area contributed by atoms with Gasteiger partial charge >= 0.3 is 6.18 Å². The average molecular weight is 446 g/mol. The Morgan fingerprint density at radius 3 is 2.52 bits per heavy atom. The summed E-state index contributed by atoms with van der Waals surface area (Å²) in [6.07, 6.45) is -3.79. The molecule has 0 heterocycles. The molecule has 0 spiro atoms. The van der Waals surface area contributed by atoms with Crippen molar-refractivity contribution in [2.24, 2.45) is 0 Å². The summed E-state index contributed by atoms with van der Waals surface area (Å²) >= 11 is 3.37. The lowest BCUT2D eigenvalue weighted by Gasteiger charge is -2.13. The number of amides is 1. The van der Waals surface area contributed by atoms with Gasteiger partial charge in [0.1, 0.15) is 0 Å². The van der Waals surface area contributed by atoms with E-state index in [1.165, 1.54) is 13.2 Å². The Morgan fingerprint density at radius 2 is 1.89 bits per heavy atom. The van der Waals surface area contributed by atoms with Crippen LogP contribution in [-0.4, -0.2) is 25.8 Å². The predicted molar refractivity (Wildman–Crippen MR) is 100 cm³/mol. The number of nitrogens with one attached hydrogen (secondary N) is 1. The quantitative estimate of drug-likeness (QED) is 0.630. The molecule has 2 aromatic carbocycles.